The summed E-state index contributed by atoms with van der Waals surface area (Å²) >= 11 is 6.03. The van der Waals surface area contributed by atoms with Gasteiger partial charge >= 0.3 is 5.97 Å². The third-order valence-corrected chi connectivity index (χ3v) is 3.33. The second-order valence-corrected chi connectivity index (χ2v) is 4.93. The Morgan fingerprint density at radius 2 is 2.18 bits per heavy atom. The molecule has 0 spiro atoms. The van der Waals surface area contributed by atoms with E-state index in [-0.39, 0.29) is 17.1 Å². The third-order valence-electron chi connectivity index (χ3n) is 3.02. The van der Waals surface area contributed by atoms with Crippen LogP contribution in [0.1, 0.15) is 5.76 Å². The maximum Gasteiger partial charge on any atom is 0.323 e. The predicted octanol–water partition coefficient (Wildman–Crippen LogP) is 2.55. The van der Waals surface area contributed by atoms with Crippen LogP contribution >= 0.6 is 11.6 Å². The highest BCUT2D eigenvalue weighted by Crippen LogP contribution is 2.32. The lowest BCUT2D eigenvalue weighted by molar-refractivity contribution is -0.384. The van der Waals surface area contributed by atoms with Gasteiger partial charge in [-0.05, 0) is 18.2 Å². The molecule has 0 bridgehead atoms. The van der Waals surface area contributed by atoms with Gasteiger partial charge in [-0.25, -0.2) is 0 Å². The van der Waals surface area contributed by atoms with Gasteiger partial charge in [-0.1, -0.05) is 11.6 Å². The quantitative estimate of drug-likeness (QED) is 0.514. The first-order valence-corrected chi connectivity index (χ1v) is 6.66. The lowest BCUT2D eigenvalue weighted by Gasteiger charge is -2.06. The van der Waals surface area contributed by atoms with Crippen molar-refractivity contribution in [3.05, 3.63) is 51.2 Å². The molecular formula is C14H13ClN2O5. The number of nitro benzene ring substituents is 1. The number of non-ortho nitro benzene ring substituents is 1. The smallest absolute Gasteiger partial charge is 0.323 e. The largest absolute Gasteiger partial charge is 0.468 e. The van der Waals surface area contributed by atoms with Crippen LogP contribution in [0.15, 0.2) is 34.7 Å². The molecule has 0 saturated carbocycles. The first-order chi connectivity index (χ1) is 10.4. The van der Waals surface area contributed by atoms with E-state index >= 15 is 0 Å². The predicted molar refractivity (Wildman–Crippen MR) is 79.5 cm³/mol. The Bertz CT molecular complexity index is 713. The molecule has 1 atom stereocenters. The van der Waals surface area contributed by atoms with Crippen molar-refractivity contribution in [2.45, 2.75) is 12.5 Å². The Labute approximate surface area is 130 Å². The molecule has 1 unspecified atom stereocenters. The van der Waals surface area contributed by atoms with Crippen LogP contribution in [0.5, 0.6) is 0 Å². The van der Waals surface area contributed by atoms with Gasteiger partial charge in [0, 0.05) is 24.1 Å². The van der Waals surface area contributed by atoms with E-state index in [1.54, 1.807) is 12.1 Å². The summed E-state index contributed by atoms with van der Waals surface area (Å²) in [6, 6.07) is 6.59. The zero-order valence-electron chi connectivity index (χ0n) is 11.6. The number of ether oxygens (including phenoxy) is 1. The van der Waals surface area contributed by atoms with Gasteiger partial charge in [-0.15, -0.1) is 0 Å². The van der Waals surface area contributed by atoms with Gasteiger partial charge < -0.3 is 14.9 Å². The number of halogens is 1. The number of nitro groups is 1. The van der Waals surface area contributed by atoms with Crippen LogP contribution in [0.4, 0.5) is 5.69 Å². The number of furan rings is 1. The van der Waals surface area contributed by atoms with E-state index in [0.29, 0.717) is 17.1 Å². The average Bonchev–Trinajstić information content (AvgIpc) is 2.94. The Morgan fingerprint density at radius 3 is 2.77 bits per heavy atom. The van der Waals surface area contributed by atoms with E-state index in [1.807, 2.05) is 0 Å². The van der Waals surface area contributed by atoms with Gasteiger partial charge in [0.15, 0.2) is 0 Å². The number of rotatable bonds is 5. The van der Waals surface area contributed by atoms with Crippen molar-refractivity contribution < 1.29 is 18.9 Å². The average molecular weight is 325 g/mol. The molecule has 116 valence electrons. The van der Waals surface area contributed by atoms with Crippen LogP contribution in [0.2, 0.25) is 5.02 Å². The summed E-state index contributed by atoms with van der Waals surface area (Å²) in [5.41, 5.74) is 6.07. The molecular weight excluding hydrogens is 312 g/mol. The minimum atomic E-state index is -0.823. The summed E-state index contributed by atoms with van der Waals surface area (Å²) in [6.45, 7) is 0. The fourth-order valence-electron chi connectivity index (χ4n) is 1.90. The van der Waals surface area contributed by atoms with E-state index in [9.17, 15) is 14.9 Å². The molecule has 22 heavy (non-hydrogen) atoms. The topological polar surface area (TPSA) is 109 Å². The third kappa shape index (κ3) is 3.44. The van der Waals surface area contributed by atoms with Crippen LogP contribution in [-0.2, 0) is 16.0 Å². The van der Waals surface area contributed by atoms with Crippen molar-refractivity contribution >= 4 is 23.3 Å². The number of benzene rings is 1. The number of methoxy groups -OCH3 is 1. The lowest BCUT2D eigenvalue weighted by Crippen LogP contribution is -2.33. The first kappa shape index (κ1) is 16.0. The fourth-order valence-corrected chi connectivity index (χ4v) is 2.17. The summed E-state index contributed by atoms with van der Waals surface area (Å²) in [6.07, 6.45) is 0.178. The van der Waals surface area contributed by atoms with Crippen LogP contribution in [0.25, 0.3) is 11.3 Å². The number of carbonyl (C=O) groups excluding carboxylic acids is 1. The highest BCUT2D eigenvalue weighted by molar-refractivity contribution is 6.33. The second-order valence-electron chi connectivity index (χ2n) is 4.52. The minimum Gasteiger partial charge on any atom is -0.468 e. The number of carbonyl (C=O) groups is 1. The monoisotopic (exact) mass is 324 g/mol. The number of hydrogen-bond acceptors (Lipinski definition) is 6. The van der Waals surface area contributed by atoms with Crippen LogP contribution < -0.4 is 5.73 Å². The summed E-state index contributed by atoms with van der Waals surface area (Å²) in [7, 11) is 1.26. The number of nitrogens with zero attached hydrogens (tertiary/aromatic N) is 1. The molecule has 2 rings (SSSR count). The van der Waals surface area contributed by atoms with E-state index < -0.39 is 16.9 Å². The molecule has 0 aliphatic heterocycles. The molecule has 0 saturated heterocycles. The molecule has 1 heterocycles. The molecule has 0 radical (unpaired) electrons. The van der Waals surface area contributed by atoms with Gasteiger partial charge in [0.2, 0.25) is 0 Å². The fraction of sp³-hybridized carbons (Fsp3) is 0.214. The van der Waals surface area contributed by atoms with Crippen molar-refractivity contribution in [2.75, 3.05) is 7.11 Å². The number of nitrogens with two attached hydrogens (primary N) is 1. The summed E-state index contributed by atoms with van der Waals surface area (Å²) in [5.74, 6) is 0.389. The van der Waals surface area contributed by atoms with Gasteiger partial charge in [-0.2, -0.15) is 0 Å². The van der Waals surface area contributed by atoms with Crippen molar-refractivity contribution in [2.24, 2.45) is 5.73 Å². The Hall–Kier alpha value is -2.38. The van der Waals surface area contributed by atoms with E-state index in [1.165, 1.54) is 25.3 Å². The SMILES string of the molecule is COC(=O)C(N)Cc1ccc(-c2ccc([N+](=O)[O-])cc2Cl)o1. The van der Waals surface area contributed by atoms with E-state index in [2.05, 4.69) is 4.74 Å². The lowest BCUT2D eigenvalue weighted by atomic mass is 10.1. The molecule has 1 aromatic heterocycles. The standard InChI is InChI=1S/C14H13ClN2O5/c1-21-14(18)12(16)7-9-3-5-13(22-9)10-4-2-8(17(19)20)6-11(10)15/h2-6,12H,7,16H2,1H3. The number of esters is 1. The summed E-state index contributed by atoms with van der Waals surface area (Å²) < 4.78 is 10.1. The van der Waals surface area contributed by atoms with Gasteiger partial charge in [0.25, 0.3) is 5.69 Å². The Morgan fingerprint density at radius 1 is 1.45 bits per heavy atom. The maximum absolute atomic E-state index is 11.3. The molecule has 1 aromatic carbocycles. The molecule has 2 N–H and O–H groups in total. The van der Waals surface area contributed by atoms with Crippen molar-refractivity contribution in [3.63, 3.8) is 0 Å². The highest BCUT2D eigenvalue weighted by Gasteiger charge is 2.18. The normalized spacial score (nSPS) is 12.0. The van der Waals surface area contributed by atoms with Crippen molar-refractivity contribution in [1.82, 2.24) is 0 Å². The highest BCUT2D eigenvalue weighted by atomic mass is 35.5. The molecule has 7 nitrogen and oxygen atoms in total. The van der Waals surface area contributed by atoms with Crippen molar-refractivity contribution in [3.8, 4) is 11.3 Å². The Balaban J connectivity index is 2.21. The minimum absolute atomic E-state index is 0.103. The van der Waals surface area contributed by atoms with Crippen LogP contribution in [-0.4, -0.2) is 24.0 Å². The molecule has 0 aliphatic carbocycles. The zero-order valence-corrected chi connectivity index (χ0v) is 12.4. The molecule has 0 amide bonds. The van der Waals surface area contributed by atoms with Gasteiger partial charge in [0.05, 0.1) is 17.1 Å². The van der Waals surface area contributed by atoms with E-state index in [4.69, 9.17) is 21.8 Å². The molecule has 2 aromatic rings. The maximum atomic E-state index is 11.3. The summed E-state index contributed by atoms with van der Waals surface area (Å²) in [5, 5.41) is 10.9. The van der Waals surface area contributed by atoms with Gasteiger partial charge in [0.1, 0.15) is 17.6 Å². The second kappa shape index (κ2) is 6.59. The first-order valence-electron chi connectivity index (χ1n) is 6.29. The molecule has 8 heteroatoms. The van der Waals surface area contributed by atoms with Crippen LogP contribution in [0, 0.1) is 10.1 Å². The number of hydrogen-bond donors (Lipinski definition) is 1. The molecule has 0 aliphatic rings. The van der Waals surface area contributed by atoms with E-state index in [0.717, 1.165) is 0 Å². The van der Waals surface area contributed by atoms with Crippen molar-refractivity contribution in [1.29, 1.82) is 0 Å². The Kier molecular flexibility index (Phi) is 4.79. The summed E-state index contributed by atoms with van der Waals surface area (Å²) in [4.78, 5) is 21.4. The van der Waals surface area contributed by atoms with Crippen LogP contribution in [0.3, 0.4) is 0 Å². The van der Waals surface area contributed by atoms with Gasteiger partial charge in [-0.3, -0.25) is 14.9 Å². The zero-order chi connectivity index (χ0) is 16.3. The molecule has 0 fully saturated rings.